The van der Waals surface area contributed by atoms with Crippen LogP contribution in [0.1, 0.15) is 12.0 Å². The number of sulfonamides is 1. The Morgan fingerprint density at radius 3 is 2.56 bits per heavy atom. The van der Waals surface area contributed by atoms with E-state index in [2.05, 4.69) is 29.8 Å². The van der Waals surface area contributed by atoms with Crippen LogP contribution in [0.5, 0.6) is 0 Å². The lowest BCUT2D eigenvalue weighted by Crippen LogP contribution is -2.39. The normalized spacial score (nSPS) is 16.0. The number of allylic oxidation sites excluding steroid dienone is 3. The molecule has 0 saturated heterocycles. The third kappa shape index (κ3) is 6.71. The maximum absolute atomic E-state index is 14.0. The standard InChI is InChI=1S/C27H33ClN4O5SSi/c1-36-23-8-5-7-21(19-33)25(23)32-26(24-9-6-16-37-24)29-30-27(32)31(15-18-39(2,3)4)38(34,35)17-14-20-10-12-22(28)13-11-20/h5-6,8-13,16,19,21H,7,14-15,17-18H2,1-4H3. The third-order valence-corrected chi connectivity index (χ3v) is 10.2. The molecule has 0 amide bonds. The van der Waals surface area contributed by atoms with Crippen LogP contribution in [0.15, 0.2) is 65.0 Å². The summed E-state index contributed by atoms with van der Waals surface area (Å²) in [5.74, 6) is 0.464. The molecular formula is C27H33ClN4O5SSi. The van der Waals surface area contributed by atoms with Crippen LogP contribution < -0.4 is 4.31 Å². The Labute approximate surface area is 235 Å². The molecule has 0 bridgehead atoms. The number of carbonyl (C=O) groups excluding carboxylic acids is 1. The summed E-state index contributed by atoms with van der Waals surface area (Å²) < 4.78 is 42.2. The highest BCUT2D eigenvalue weighted by Gasteiger charge is 2.35. The van der Waals surface area contributed by atoms with Crippen molar-refractivity contribution in [2.45, 2.75) is 38.5 Å². The molecule has 39 heavy (non-hydrogen) atoms. The van der Waals surface area contributed by atoms with Gasteiger partial charge in [0.15, 0.2) is 5.76 Å². The molecule has 2 aromatic heterocycles. The SMILES string of the molecule is COC1=C(n2c(-c3ccco3)nnc2N(CC[Si](C)(C)C)S(=O)(=O)CCc2ccc(Cl)cc2)C(C=O)CC=C1. The van der Waals surface area contributed by atoms with Crippen molar-refractivity contribution < 1.29 is 22.4 Å². The molecule has 0 saturated carbocycles. The van der Waals surface area contributed by atoms with Gasteiger partial charge < -0.3 is 13.9 Å². The highest BCUT2D eigenvalue weighted by molar-refractivity contribution is 7.92. The van der Waals surface area contributed by atoms with E-state index in [9.17, 15) is 13.2 Å². The van der Waals surface area contributed by atoms with Gasteiger partial charge in [-0.15, -0.1) is 10.2 Å². The van der Waals surface area contributed by atoms with E-state index < -0.39 is 24.0 Å². The fourth-order valence-corrected chi connectivity index (χ4v) is 6.94. The smallest absolute Gasteiger partial charge is 0.245 e. The molecule has 1 aliphatic carbocycles. The van der Waals surface area contributed by atoms with Crippen molar-refractivity contribution in [2.75, 3.05) is 23.7 Å². The lowest BCUT2D eigenvalue weighted by Gasteiger charge is -2.29. The van der Waals surface area contributed by atoms with E-state index >= 15 is 0 Å². The highest BCUT2D eigenvalue weighted by Crippen LogP contribution is 2.37. The Balaban J connectivity index is 1.86. The van der Waals surface area contributed by atoms with Crippen molar-refractivity contribution in [3.05, 3.63) is 71.2 Å². The van der Waals surface area contributed by atoms with E-state index in [0.717, 1.165) is 11.8 Å². The number of anilines is 1. The molecule has 12 heteroatoms. The summed E-state index contributed by atoms with van der Waals surface area (Å²) in [5.41, 5.74) is 1.32. The lowest BCUT2D eigenvalue weighted by molar-refractivity contribution is -0.109. The number of aldehydes is 1. The average molecular weight is 589 g/mol. The predicted molar refractivity (Wildman–Crippen MR) is 156 cm³/mol. The molecule has 0 N–H and O–H groups in total. The van der Waals surface area contributed by atoms with Crippen molar-refractivity contribution in [3.8, 4) is 11.6 Å². The number of nitrogens with zero attached hydrogens (tertiary/aromatic N) is 4. The van der Waals surface area contributed by atoms with Gasteiger partial charge in [-0.05, 0) is 54.8 Å². The predicted octanol–water partition coefficient (Wildman–Crippen LogP) is 5.50. The van der Waals surface area contributed by atoms with Gasteiger partial charge in [0.1, 0.15) is 12.0 Å². The molecule has 4 rings (SSSR count). The minimum Gasteiger partial charge on any atom is -0.495 e. The minimum atomic E-state index is -3.87. The van der Waals surface area contributed by atoms with E-state index in [-0.39, 0.29) is 24.1 Å². The number of hydrogen-bond acceptors (Lipinski definition) is 7. The van der Waals surface area contributed by atoms with Gasteiger partial charge >= 0.3 is 0 Å². The second kappa shape index (κ2) is 11.9. The second-order valence-corrected chi connectivity index (χ2v) is 18.6. The Hall–Kier alpha value is -3.15. The Kier molecular flexibility index (Phi) is 8.82. The van der Waals surface area contributed by atoms with Crippen LogP contribution in [0.4, 0.5) is 5.95 Å². The molecule has 9 nitrogen and oxygen atoms in total. The number of furan rings is 1. The zero-order valence-electron chi connectivity index (χ0n) is 22.5. The average Bonchev–Trinajstić information content (AvgIpc) is 3.57. The third-order valence-electron chi connectivity index (χ3n) is 6.46. The summed E-state index contributed by atoms with van der Waals surface area (Å²) in [6, 6.07) is 11.3. The molecule has 1 aliphatic rings. The van der Waals surface area contributed by atoms with Crippen molar-refractivity contribution in [2.24, 2.45) is 5.92 Å². The first-order valence-corrected chi connectivity index (χ1v) is 18.4. The van der Waals surface area contributed by atoms with Crippen molar-refractivity contribution in [1.82, 2.24) is 14.8 Å². The Bertz CT molecular complexity index is 1460. The first kappa shape index (κ1) is 28.8. The lowest BCUT2D eigenvalue weighted by atomic mass is 9.96. The van der Waals surface area contributed by atoms with E-state index in [1.807, 2.05) is 18.2 Å². The molecule has 208 valence electrons. The molecule has 1 atom stereocenters. The summed E-state index contributed by atoms with van der Waals surface area (Å²) in [6.45, 7) is 6.78. The van der Waals surface area contributed by atoms with Crippen LogP contribution in [0, 0.1) is 5.92 Å². The number of halogens is 1. The molecule has 0 fully saturated rings. The van der Waals surface area contributed by atoms with E-state index in [1.165, 1.54) is 17.7 Å². The maximum atomic E-state index is 14.0. The molecule has 0 aliphatic heterocycles. The molecule has 3 aromatic rings. The van der Waals surface area contributed by atoms with Gasteiger partial charge in [0.05, 0.1) is 30.7 Å². The van der Waals surface area contributed by atoms with Gasteiger partial charge in [-0.25, -0.2) is 12.7 Å². The largest absolute Gasteiger partial charge is 0.495 e. The van der Waals surface area contributed by atoms with Gasteiger partial charge in [-0.2, -0.15) is 0 Å². The molecule has 1 unspecified atom stereocenters. The number of benzene rings is 1. The van der Waals surface area contributed by atoms with Gasteiger partial charge in [0, 0.05) is 19.6 Å². The zero-order chi connectivity index (χ0) is 28.2. The van der Waals surface area contributed by atoms with E-state index in [4.69, 9.17) is 20.8 Å². The highest BCUT2D eigenvalue weighted by atomic mass is 35.5. The zero-order valence-corrected chi connectivity index (χ0v) is 25.1. The molecule has 0 radical (unpaired) electrons. The quantitative estimate of drug-likeness (QED) is 0.203. The van der Waals surface area contributed by atoms with Gasteiger partial charge in [-0.1, -0.05) is 49.5 Å². The summed E-state index contributed by atoms with van der Waals surface area (Å²) in [6.07, 6.45) is 6.68. The van der Waals surface area contributed by atoms with Gasteiger partial charge in [-0.3, -0.25) is 4.57 Å². The maximum Gasteiger partial charge on any atom is 0.245 e. The molecule has 1 aromatic carbocycles. The summed E-state index contributed by atoms with van der Waals surface area (Å²) in [5, 5.41) is 9.33. The number of rotatable bonds is 12. The monoisotopic (exact) mass is 588 g/mol. The Morgan fingerprint density at radius 1 is 1.21 bits per heavy atom. The molecular weight excluding hydrogens is 556 g/mol. The van der Waals surface area contributed by atoms with Crippen LogP contribution in [0.25, 0.3) is 17.3 Å². The number of ether oxygens (including phenoxy) is 1. The number of hydrogen-bond donors (Lipinski definition) is 0. The number of methoxy groups -OCH3 is 1. The van der Waals surface area contributed by atoms with Crippen LogP contribution in [-0.4, -0.2) is 56.9 Å². The van der Waals surface area contributed by atoms with Crippen molar-refractivity contribution in [1.29, 1.82) is 0 Å². The first-order valence-electron chi connectivity index (χ1n) is 12.7. The van der Waals surface area contributed by atoms with Crippen LogP contribution in [0.2, 0.25) is 30.7 Å². The molecule has 0 spiro atoms. The summed E-state index contributed by atoms with van der Waals surface area (Å²) in [7, 11) is -4.03. The fourth-order valence-electron chi connectivity index (χ4n) is 4.30. The summed E-state index contributed by atoms with van der Waals surface area (Å²) >= 11 is 6.01. The van der Waals surface area contributed by atoms with Gasteiger partial charge in [0.2, 0.25) is 21.8 Å². The Morgan fingerprint density at radius 2 is 1.95 bits per heavy atom. The fraction of sp³-hybridized carbons (Fsp3) is 0.370. The van der Waals surface area contributed by atoms with Crippen LogP contribution in [0.3, 0.4) is 0 Å². The van der Waals surface area contributed by atoms with Crippen LogP contribution >= 0.6 is 11.6 Å². The topological polar surface area (TPSA) is 108 Å². The minimum absolute atomic E-state index is 0.0995. The number of aryl methyl sites for hydroxylation is 1. The number of aromatic nitrogens is 3. The molecule has 2 heterocycles. The van der Waals surface area contributed by atoms with E-state index in [1.54, 1.807) is 34.9 Å². The van der Waals surface area contributed by atoms with Crippen molar-refractivity contribution >= 4 is 47.6 Å². The second-order valence-electron chi connectivity index (χ2n) is 10.5. The number of carbonyl (C=O) groups is 1. The van der Waals surface area contributed by atoms with Crippen molar-refractivity contribution in [3.63, 3.8) is 0 Å². The van der Waals surface area contributed by atoms with Crippen LogP contribution in [-0.2, 0) is 26.0 Å². The summed E-state index contributed by atoms with van der Waals surface area (Å²) in [4.78, 5) is 12.2. The van der Waals surface area contributed by atoms with Gasteiger partial charge in [0.25, 0.3) is 0 Å². The first-order chi connectivity index (χ1) is 18.5. The van der Waals surface area contributed by atoms with E-state index in [0.29, 0.717) is 41.1 Å².